The van der Waals surface area contributed by atoms with Crippen LogP contribution in [-0.2, 0) is 6.54 Å². The van der Waals surface area contributed by atoms with Gasteiger partial charge in [0.2, 0.25) is 0 Å². The van der Waals surface area contributed by atoms with E-state index in [0.29, 0.717) is 26.7 Å². The third-order valence-electron chi connectivity index (χ3n) is 6.09. The molecule has 3 aromatic rings. The van der Waals surface area contributed by atoms with E-state index in [4.69, 9.17) is 22.6 Å². The van der Waals surface area contributed by atoms with Gasteiger partial charge < -0.3 is 16.0 Å². The molecule has 4 rings (SSSR count). The van der Waals surface area contributed by atoms with Gasteiger partial charge >= 0.3 is 0 Å². The van der Waals surface area contributed by atoms with Crippen molar-refractivity contribution >= 4 is 40.4 Å². The van der Waals surface area contributed by atoms with Gasteiger partial charge in [0.1, 0.15) is 0 Å². The van der Waals surface area contributed by atoms with E-state index in [9.17, 15) is 9.59 Å². The van der Waals surface area contributed by atoms with Gasteiger partial charge in [-0.3, -0.25) is 9.59 Å². The Labute approximate surface area is 207 Å². The lowest BCUT2D eigenvalue weighted by molar-refractivity contribution is 0.0583. The topological polar surface area (TPSA) is 99.2 Å². The summed E-state index contributed by atoms with van der Waals surface area (Å²) in [7, 11) is 0. The van der Waals surface area contributed by atoms with Gasteiger partial charge in [-0.25, -0.2) is 0 Å². The summed E-state index contributed by atoms with van der Waals surface area (Å²) in [6.45, 7) is 0.263. The zero-order valence-corrected chi connectivity index (χ0v) is 20.1. The zero-order chi connectivity index (χ0) is 24.1. The summed E-state index contributed by atoms with van der Waals surface area (Å²) in [5.74, 6) is -0.348. The Hall–Kier alpha value is -3.18. The Morgan fingerprint density at radius 3 is 2.59 bits per heavy atom. The number of amides is 2. The van der Waals surface area contributed by atoms with Crippen LogP contribution in [0.4, 0.5) is 5.69 Å². The molecule has 0 radical (unpaired) electrons. The lowest BCUT2D eigenvalue weighted by atomic mass is 9.89. The van der Waals surface area contributed by atoms with Crippen LogP contribution >= 0.6 is 22.9 Å². The highest BCUT2D eigenvalue weighted by molar-refractivity contribution is 7.12. The quantitative estimate of drug-likeness (QED) is 0.478. The van der Waals surface area contributed by atoms with Crippen molar-refractivity contribution in [3.63, 3.8) is 0 Å². The Balaban J connectivity index is 1.62. The van der Waals surface area contributed by atoms with Crippen LogP contribution in [0.2, 0.25) is 5.02 Å². The molecule has 2 atom stereocenters. The first-order valence-corrected chi connectivity index (χ1v) is 12.4. The molecule has 1 aliphatic carbocycles. The molecule has 1 saturated carbocycles. The summed E-state index contributed by atoms with van der Waals surface area (Å²) in [6.07, 6.45) is 3.71. The average Bonchev–Trinajstić information content (AvgIpc) is 3.40. The molecular formula is C26H25ClN4O2S. The summed E-state index contributed by atoms with van der Waals surface area (Å²) in [4.78, 5) is 28.5. The minimum Gasteiger partial charge on any atom is -0.330 e. The fourth-order valence-corrected chi connectivity index (χ4v) is 5.07. The monoisotopic (exact) mass is 492 g/mol. The maximum Gasteiger partial charge on any atom is 0.265 e. The van der Waals surface area contributed by atoms with Crippen molar-refractivity contribution in [3.8, 4) is 6.07 Å². The summed E-state index contributed by atoms with van der Waals surface area (Å²) in [5, 5.41) is 14.3. The second kappa shape index (κ2) is 10.8. The minimum absolute atomic E-state index is 0.127. The third-order valence-corrected chi connectivity index (χ3v) is 7.33. The fourth-order valence-electron chi connectivity index (χ4n) is 4.28. The van der Waals surface area contributed by atoms with Crippen molar-refractivity contribution in [2.24, 2.45) is 5.73 Å². The van der Waals surface area contributed by atoms with Crippen molar-refractivity contribution in [2.75, 3.05) is 5.32 Å². The summed E-state index contributed by atoms with van der Waals surface area (Å²) >= 11 is 7.89. The number of hydrogen-bond donors (Lipinski definition) is 2. The van der Waals surface area contributed by atoms with Crippen molar-refractivity contribution in [1.29, 1.82) is 5.26 Å². The highest BCUT2D eigenvalue weighted by Crippen LogP contribution is 2.29. The molecule has 1 aromatic heterocycles. The van der Waals surface area contributed by atoms with Crippen molar-refractivity contribution in [2.45, 2.75) is 44.3 Å². The molecule has 1 aliphatic rings. The average molecular weight is 493 g/mol. The smallest absolute Gasteiger partial charge is 0.265 e. The van der Waals surface area contributed by atoms with Gasteiger partial charge in [-0.15, -0.1) is 11.3 Å². The predicted octanol–water partition coefficient (Wildman–Crippen LogP) is 5.44. The van der Waals surface area contributed by atoms with E-state index in [-0.39, 0.29) is 30.4 Å². The highest BCUT2D eigenvalue weighted by atomic mass is 35.5. The van der Waals surface area contributed by atoms with E-state index in [1.165, 1.54) is 11.3 Å². The Kier molecular flexibility index (Phi) is 7.63. The number of hydrogen-bond acceptors (Lipinski definition) is 5. The molecular weight excluding hydrogens is 468 g/mol. The zero-order valence-electron chi connectivity index (χ0n) is 18.5. The first-order valence-electron chi connectivity index (χ1n) is 11.2. The van der Waals surface area contributed by atoms with E-state index in [0.717, 1.165) is 31.2 Å². The second-order valence-electron chi connectivity index (χ2n) is 8.38. The number of carbonyl (C=O) groups excluding carboxylic acids is 2. The lowest BCUT2D eigenvalue weighted by Gasteiger charge is -2.38. The maximum atomic E-state index is 13.6. The number of benzene rings is 2. The maximum absolute atomic E-state index is 13.6. The SMILES string of the molecule is N#Cc1ccc(C(=O)N(Cc2cc(NC(=O)c3cccs3)ccc2Cl)C2CCCCC2N)cc1. The first-order chi connectivity index (χ1) is 16.5. The summed E-state index contributed by atoms with van der Waals surface area (Å²) in [5.41, 5.74) is 8.78. The number of nitriles is 1. The Bertz CT molecular complexity index is 1200. The van der Waals surface area contributed by atoms with E-state index in [2.05, 4.69) is 11.4 Å². The van der Waals surface area contributed by atoms with Crippen LogP contribution in [0.3, 0.4) is 0 Å². The van der Waals surface area contributed by atoms with E-state index >= 15 is 0 Å². The van der Waals surface area contributed by atoms with E-state index in [1.54, 1.807) is 53.4 Å². The number of nitrogens with zero attached hydrogens (tertiary/aromatic N) is 2. The fraction of sp³-hybridized carbons (Fsp3) is 0.269. The number of nitrogens with two attached hydrogens (primary N) is 1. The molecule has 2 amide bonds. The van der Waals surface area contributed by atoms with Gasteiger partial charge in [0.25, 0.3) is 11.8 Å². The van der Waals surface area contributed by atoms with Crippen LogP contribution in [0.15, 0.2) is 60.0 Å². The molecule has 1 fully saturated rings. The van der Waals surface area contributed by atoms with E-state index in [1.807, 2.05) is 11.4 Å². The van der Waals surface area contributed by atoms with Gasteiger partial charge in [0.15, 0.2) is 0 Å². The molecule has 1 heterocycles. The minimum atomic E-state index is -0.192. The largest absolute Gasteiger partial charge is 0.330 e. The van der Waals surface area contributed by atoms with Gasteiger partial charge in [0, 0.05) is 34.9 Å². The van der Waals surface area contributed by atoms with Crippen LogP contribution in [0, 0.1) is 11.3 Å². The molecule has 0 aliphatic heterocycles. The number of nitrogens with one attached hydrogen (secondary N) is 1. The second-order valence-corrected chi connectivity index (χ2v) is 9.73. The van der Waals surface area contributed by atoms with Crippen LogP contribution < -0.4 is 11.1 Å². The molecule has 2 unspecified atom stereocenters. The van der Waals surface area contributed by atoms with Crippen LogP contribution in [-0.4, -0.2) is 28.8 Å². The van der Waals surface area contributed by atoms with Crippen LogP contribution in [0.25, 0.3) is 0 Å². The van der Waals surface area contributed by atoms with Crippen LogP contribution in [0.1, 0.15) is 56.8 Å². The highest BCUT2D eigenvalue weighted by Gasteiger charge is 2.32. The third kappa shape index (κ3) is 5.48. The molecule has 0 saturated heterocycles. The van der Waals surface area contributed by atoms with Crippen molar-refractivity contribution in [3.05, 3.63) is 86.6 Å². The predicted molar refractivity (Wildman–Crippen MR) is 135 cm³/mol. The van der Waals surface area contributed by atoms with Gasteiger partial charge in [0.05, 0.1) is 16.5 Å². The molecule has 3 N–H and O–H groups in total. The molecule has 0 spiro atoms. The van der Waals surface area contributed by atoms with Gasteiger partial charge in [-0.1, -0.05) is 30.5 Å². The molecule has 8 heteroatoms. The van der Waals surface area contributed by atoms with Crippen molar-refractivity contribution in [1.82, 2.24) is 4.90 Å². The van der Waals surface area contributed by atoms with Gasteiger partial charge in [-0.05, 0) is 72.3 Å². The lowest BCUT2D eigenvalue weighted by Crippen LogP contribution is -2.51. The molecule has 34 heavy (non-hydrogen) atoms. The molecule has 2 aromatic carbocycles. The molecule has 6 nitrogen and oxygen atoms in total. The number of thiophene rings is 1. The summed E-state index contributed by atoms with van der Waals surface area (Å²) in [6, 6.07) is 17.3. The summed E-state index contributed by atoms with van der Waals surface area (Å²) < 4.78 is 0. The number of anilines is 1. The number of halogens is 1. The standard InChI is InChI=1S/C26H25ClN4O2S/c27-21-12-11-20(30-25(32)24-6-3-13-34-24)14-19(21)16-31(23-5-2-1-4-22(23)29)26(33)18-9-7-17(15-28)8-10-18/h3,6-14,22-23H,1-2,4-5,16,29H2,(H,30,32). The molecule has 174 valence electrons. The Morgan fingerprint density at radius 1 is 1.15 bits per heavy atom. The normalized spacial score (nSPS) is 17.6. The van der Waals surface area contributed by atoms with Crippen LogP contribution in [0.5, 0.6) is 0 Å². The molecule has 0 bridgehead atoms. The van der Waals surface area contributed by atoms with Gasteiger partial charge in [-0.2, -0.15) is 5.26 Å². The van der Waals surface area contributed by atoms with Crippen molar-refractivity contribution < 1.29 is 9.59 Å². The number of rotatable bonds is 6. The Morgan fingerprint density at radius 2 is 1.91 bits per heavy atom. The van der Waals surface area contributed by atoms with E-state index < -0.39 is 0 Å². The number of carbonyl (C=O) groups is 2. The first kappa shape index (κ1) is 24.0.